The van der Waals surface area contributed by atoms with E-state index in [9.17, 15) is 14.4 Å². The van der Waals surface area contributed by atoms with Crippen LogP contribution in [0.1, 0.15) is 252 Å². The first-order chi connectivity index (χ1) is 28.0. The molecule has 57 heavy (non-hydrogen) atoms. The van der Waals surface area contributed by atoms with E-state index in [-0.39, 0.29) is 31.1 Å². The molecule has 0 saturated heterocycles. The topological polar surface area (TPSA) is 78.9 Å². The predicted octanol–water partition coefficient (Wildman–Crippen LogP) is 15.8. The Morgan fingerprint density at radius 3 is 1.07 bits per heavy atom. The van der Waals surface area contributed by atoms with Crippen LogP contribution in [0.5, 0.6) is 0 Å². The molecule has 0 amide bonds. The Balaban J connectivity index is 4.38. The summed E-state index contributed by atoms with van der Waals surface area (Å²) < 4.78 is 16.7. The van der Waals surface area contributed by atoms with Gasteiger partial charge in [-0.3, -0.25) is 14.4 Å². The minimum atomic E-state index is -0.774. The first-order valence-electron chi connectivity index (χ1n) is 24.5. The SMILES string of the molecule is CC/C=C\C/C=C\C/C=C\CCCCCCC(=O)OCC(COC(=O)CCCCCCCCCCCCC)OC(=O)CCCCCCCCCCCCCCCC. The van der Waals surface area contributed by atoms with Crippen molar-refractivity contribution in [2.24, 2.45) is 0 Å². The van der Waals surface area contributed by atoms with Crippen molar-refractivity contribution in [2.75, 3.05) is 13.2 Å². The van der Waals surface area contributed by atoms with Gasteiger partial charge in [0.15, 0.2) is 6.10 Å². The molecule has 0 N–H and O–H groups in total. The zero-order valence-electron chi connectivity index (χ0n) is 37.9. The monoisotopic (exact) mass is 801 g/mol. The molecule has 0 spiro atoms. The summed E-state index contributed by atoms with van der Waals surface area (Å²) in [6, 6.07) is 0. The minimum absolute atomic E-state index is 0.0756. The number of hydrogen-bond acceptors (Lipinski definition) is 6. The number of esters is 3. The van der Waals surface area contributed by atoms with Crippen molar-refractivity contribution in [2.45, 2.75) is 258 Å². The number of allylic oxidation sites excluding steroid dienone is 6. The summed E-state index contributed by atoms with van der Waals surface area (Å²) in [4.78, 5) is 37.8. The van der Waals surface area contributed by atoms with Crippen LogP contribution in [0.3, 0.4) is 0 Å². The third kappa shape index (κ3) is 44.6. The maximum Gasteiger partial charge on any atom is 0.306 e. The number of ether oxygens (including phenoxy) is 3. The van der Waals surface area contributed by atoms with Crippen LogP contribution in [-0.2, 0) is 28.6 Å². The van der Waals surface area contributed by atoms with Crippen LogP contribution in [0.15, 0.2) is 36.5 Å². The second-order valence-electron chi connectivity index (χ2n) is 16.4. The molecule has 1 unspecified atom stereocenters. The number of carbonyl (C=O) groups is 3. The lowest BCUT2D eigenvalue weighted by Crippen LogP contribution is -2.30. The van der Waals surface area contributed by atoms with Crippen molar-refractivity contribution >= 4 is 17.9 Å². The minimum Gasteiger partial charge on any atom is -0.462 e. The van der Waals surface area contributed by atoms with Crippen LogP contribution < -0.4 is 0 Å². The molecular formula is C51H92O6. The van der Waals surface area contributed by atoms with Crippen molar-refractivity contribution < 1.29 is 28.6 Å². The van der Waals surface area contributed by atoms with Crippen LogP contribution in [0.2, 0.25) is 0 Å². The van der Waals surface area contributed by atoms with E-state index in [1.807, 2.05) is 0 Å². The highest BCUT2D eigenvalue weighted by Gasteiger charge is 2.19. The third-order valence-electron chi connectivity index (χ3n) is 10.7. The summed E-state index contributed by atoms with van der Waals surface area (Å²) >= 11 is 0. The standard InChI is InChI=1S/C51H92O6/c1-4-7-10-13-16-19-22-24-26-29-32-35-38-41-44-50(53)56-47-48(46-55-49(52)43-40-37-34-31-28-21-18-15-12-9-6-3)57-51(54)45-42-39-36-33-30-27-25-23-20-17-14-11-8-5-2/h7,10,16,19,24,26,48H,4-6,8-9,11-15,17-18,20-23,25,27-47H2,1-3H3/b10-7-,19-16-,26-24-. The van der Waals surface area contributed by atoms with E-state index in [2.05, 4.69) is 57.2 Å². The second-order valence-corrected chi connectivity index (χ2v) is 16.4. The van der Waals surface area contributed by atoms with Gasteiger partial charge < -0.3 is 14.2 Å². The van der Waals surface area contributed by atoms with Gasteiger partial charge in [-0.05, 0) is 51.4 Å². The van der Waals surface area contributed by atoms with E-state index in [1.165, 1.54) is 122 Å². The summed E-state index contributed by atoms with van der Waals surface area (Å²) in [5, 5.41) is 0. The number of rotatable bonds is 44. The Morgan fingerprint density at radius 2 is 0.684 bits per heavy atom. The van der Waals surface area contributed by atoms with Gasteiger partial charge in [0.05, 0.1) is 0 Å². The summed E-state index contributed by atoms with van der Waals surface area (Å²) in [5.41, 5.74) is 0. The van der Waals surface area contributed by atoms with Gasteiger partial charge in [0.1, 0.15) is 13.2 Å². The van der Waals surface area contributed by atoms with E-state index >= 15 is 0 Å². The molecule has 0 aromatic heterocycles. The Hall–Kier alpha value is -2.37. The fraction of sp³-hybridized carbons (Fsp3) is 0.824. The highest BCUT2D eigenvalue weighted by molar-refractivity contribution is 5.71. The molecule has 0 aromatic rings. The average molecular weight is 801 g/mol. The Morgan fingerprint density at radius 1 is 0.368 bits per heavy atom. The molecule has 0 bridgehead atoms. The zero-order valence-corrected chi connectivity index (χ0v) is 37.9. The molecular weight excluding hydrogens is 709 g/mol. The van der Waals surface area contributed by atoms with Gasteiger partial charge in [-0.15, -0.1) is 0 Å². The van der Waals surface area contributed by atoms with Gasteiger partial charge in [0.25, 0.3) is 0 Å². The average Bonchev–Trinajstić information content (AvgIpc) is 3.21. The van der Waals surface area contributed by atoms with Crippen molar-refractivity contribution in [1.29, 1.82) is 0 Å². The van der Waals surface area contributed by atoms with Crippen LogP contribution in [0.4, 0.5) is 0 Å². The summed E-state index contributed by atoms with van der Waals surface area (Å²) in [7, 11) is 0. The summed E-state index contributed by atoms with van der Waals surface area (Å²) in [6.45, 7) is 6.51. The first kappa shape index (κ1) is 54.6. The Labute approximate surface area is 353 Å². The maximum atomic E-state index is 12.8. The van der Waals surface area contributed by atoms with Crippen LogP contribution in [0, 0.1) is 0 Å². The number of hydrogen-bond donors (Lipinski definition) is 0. The van der Waals surface area contributed by atoms with Crippen molar-refractivity contribution in [3.8, 4) is 0 Å². The molecule has 0 fully saturated rings. The molecule has 0 aliphatic rings. The fourth-order valence-corrected chi connectivity index (χ4v) is 6.99. The normalized spacial score (nSPS) is 12.3. The lowest BCUT2D eigenvalue weighted by molar-refractivity contribution is -0.167. The van der Waals surface area contributed by atoms with E-state index < -0.39 is 6.10 Å². The smallest absolute Gasteiger partial charge is 0.306 e. The zero-order chi connectivity index (χ0) is 41.5. The maximum absolute atomic E-state index is 12.8. The summed E-state index contributed by atoms with van der Waals surface area (Å²) in [6.07, 6.45) is 52.6. The molecule has 332 valence electrons. The highest BCUT2D eigenvalue weighted by Crippen LogP contribution is 2.15. The van der Waals surface area contributed by atoms with Crippen LogP contribution in [0.25, 0.3) is 0 Å². The van der Waals surface area contributed by atoms with E-state index in [0.717, 1.165) is 89.9 Å². The quantitative estimate of drug-likeness (QED) is 0.0264. The Bertz CT molecular complexity index is 969. The molecule has 0 heterocycles. The fourth-order valence-electron chi connectivity index (χ4n) is 6.99. The first-order valence-corrected chi connectivity index (χ1v) is 24.5. The number of unbranched alkanes of at least 4 members (excludes halogenated alkanes) is 27. The molecule has 0 rings (SSSR count). The van der Waals surface area contributed by atoms with E-state index in [1.54, 1.807) is 0 Å². The van der Waals surface area contributed by atoms with Crippen LogP contribution >= 0.6 is 0 Å². The molecule has 0 aliphatic carbocycles. The van der Waals surface area contributed by atoms with Crippen LogP contribution in [-0.4, -0.2) is 37.2 Å². The number of carbonyl (C=O) groups excluding carboxylic acids is 3. The van der Waals surface area contributed by atoms with Gasteiger partial charge >= 0.3 is 17.9 Å². The second kappa shape index (κ2) is 46.3. The van der Waals surface area contributed by atoms with Gasteiger partial charge in [0, 0.05) is 19.3 Å². The van der Waals surface area contributed by atoms with Crippen molar-refractivity contribution in [1.82, 2.24) is 0 Å². The molecule has 0 aromatic carbocycles. The van der Waals surface area contributed by atoms with Gasteiger partial charge in [-0.25, -0.2) is 0 Å². The largest absolute Gasteiger partial charge is 0.462 e. The molecule has 0 radical (unpaired) electrons. The summed E-state index contributed by atoms with van der Waals surface area (Å²) in [5.74, 6) is -0.891. The molecule has 0 aliphatic heterocycles. The third-order valence-corrected chi connectivity index (χ3v) is 10.7. The van der Waals surface area contributed by atoms with Crippen molar-refractivity contribution in [3.05, 3.63) is 36.5 Å². The Kier molecular flexibility index (Phi) is 44.4. The lowest BCUT2D eigenvalue weighted by atomic mass is 10.0. The van der Waals surface area contributed by atoms with Crippen molar-refractivity contribution in [3.63, 3.8) is 0 Å². The van der Waals surface area contributed by atoms with Gasteiger partial charge in [-0.2, -0.15) is 0 Å². The molecule has 0 saturated carbocycles. The highest BCUT2D eigenvalue weighted by atomic mass is 16.6. The van der Waals surface area contributed by atoms with E-state index in [4.69, 9.17) is 14.2 Å². The molecule has 1 atom stereocenters. The molecule has 6 heteroatoms. The van der Waals surface area contributed by atoms with Gasteiger partial charge in [0.2, 0.25) is 0 Å². The van der Waals surface area contributed by atoms with E-state index in [0.29, 0.717) is 19.3 Å². The van der Waals surface area contributed by atoms with Gasteiger partial charge in [-0.1, -0.05) is 218 Å². The predicted molar refractivity (Wildman–Crippen MR) is 242 cm³/mol. The molecule has 6 nitrogen and oxygen atoms in total. The lowest BCUT2D eigenvalue weighted by Gasteiger charge is -2.18.